The molecule has 0 N–H and O–H groups in total. The summed E-state index contributed by atoms with van der Waals surface area (Å²) in [4.78, 5) is 0. The summed E-state index contributed by atoms with van der Waals surface area (Å²) in [5.74, 6) is 3.04. The van der Waals surface area contributed by atoms with Crippen molar-refractivity contribution in [3.63, 3.8) is 0 Å². The lowest BCUT2D eigenvalue weighted by Crippen LogP contribution is -2.14. The number of hydrogen-bond acceptors (Lipinski definition) is 1. The van der Waals surface area contributed by atoms with Crippen LogP contribution >= 0.6 is 0 Å². The predicted molar refractivity (Wildman–Crippen MR) is 34.1 cm³/mol. The number of hydrogen-bond donors (Lipinski definition) is 0. The van der Waals surface area contributed by atoms with Crippen LogP contribution in [0.15, 0.2) is 0 Å². The van der Waals surface area contributed by atoms with Crippen molar-refractivity contribution >= 4 is 0 Å². The standard InChI is InChI=1S/C8H12O/c1-5-2-7-6(1)4-9-8(7)3-5/h5-8H,1-4H2/t5?,6?,7?,8-/m0/s1. The molecule has 0 aromatic rings. The second kappa shape index (κ2) is 1.34. The first-order valence-corrected chi connectivity index (χ1v) is 4.05. The van der Waals surface area contributed by atoms with E-state index in [1.54, 1.807) is 0 Å². The Hall–Kier alpha value is -0.0400. The average Bonchev–Trinajstić information content (AvgIpc) is 2.35. The molecule has 3 fully saturated rings. The SMILES string of the molecule is C1O[C@H]2CC3CC1C2C3. The van der Waals surface area contributed by atoms with E-state index in [0.717, 1.165) is 24.4 Å². The summed E-state index contributed by atoms with van der Waals surface area (Å²) in [5, 5.41) is 0. The summed E-state index contributed by atoms with van der Waals surface area (Å²) in [5.41, 5.74) is 0. The maximum Gasteiger partial charge on any atom is 0.0609 e. The molecule has 0 radical (unpaired) electrons. The largest absolute Gasteiger partial charge is 0.378 e. The molecule has 1 nitrogen and oxygen atoms in total. The summed E-state index contributed by atoms with van der Waals surface area (Å²) in [6.45, 7) is 1.09. The molecule has 1 heteroatoms. The number of fused-ring (bicyclic) bond motifs is 1. The maximum atomic E-state index is 5.63. The van der Waals surface area contributed by atoms with Crippen LogP contribution in [0.5, 0.6) is 0 Å². The summed E-state index contributed by atoms with van der Waals surface area (Å²) in [6.07, 6.45) is 5.08. The zero-order valence-corrected chi connectivity index (χ0v) is 5.55. The third-order valence-corrected chi connectivity index (χ3v) is 3.41. The van der Waals surface area contributed by atoms with E-state index in [-0.39, 0.29) is 0 Å². The van der Waals surface area contributed by atoms with Gasteiger partial charge in [0.05, 0.1) is 12.7 Å². The van der Waals surface area contributed by atoms with Gasteiger partial charge in [-0.1, -0.05) is 0 Å². The molecule has 0 amide bonds. The van der Waals surface area contributed by atoms with Gasteiger partial charge in [0.25, 0.3) is 0 Å². The fourth-order valence-corrected chi connectivity index (χ4v) is 3.06. The zero-order valence-electron chi connectivity index (χ0n) is 5.55. The molecule has 3 unspecified atom stereocenters. The van der Waals surface area contributed by atoms with Crippen molar-refractivity contribution in [1.82, 2.24) is 0 Å². The lowest BCUT2D eigenvalue weighted by molar-refractivity contribution is 0.102. The van der Waals surface area contributed by atoms with Crippen molar-refractivity contribution in [2.45, 2.75) is 25.4 Å². The van der Waals surface area contributed by atoms with Gasteiger partial charge in [-0.05, 0) is 37.0 Å². The Morgan fingerprint density at radius 2 is 2.11 bits per heavy atom. The lowest BCUT2D eigenvalue weighted by atomic mass is 9.90. The molecule has 4 atom stereocenters. The summed E-state index contributed by atoms with van der Waals surface area (Å²) in [7, 11) is 0. The molecule has 1 heterocycles. The van der Waals surface area contributed by atoms with Gasteiger partial charge in [0.1, 0.15) is 0 Å². The monoisotopic (exact) mass is 124 g/mol. The summed E-state index contributed by atoms with van der Waals surface area (Å²) in [6, 6.07) is 0. The van der Waals surface area contributed by atoms with Crippen LogP contribution in [0.25, 0.3) is 0 Å². The second-order valence-corrected chi connectivity index (χ2v) is 3.87. The topological polar surface area (TPSA) is 9.23 Å². The molecular formula is C8H12O. The molecule has 1 saturated heterocycles. The first-order chi connectivity index (χ1) is 4.43. The van der Waals surface area contributed by atoms with Gasteiger partial charge < -0.3 is 4.74 Å². The quantitative estimate of drug-likeness (QED) is 0.474. The Bertz CT molecular complexity index is 127. The van der Waals surface area contributed by atoms with E-state index in [2.05, 4.69) is 0 Å². The van der Waals surface area contributed by atoms with Gasteiger partial charge in [-0.15, -0.1) is 0 Å². The van der Waals surface area contributed by atoms with E-state index in [1.807, 2.05) is 0 Å². The molecule has 9 heavy (non-hydrogen) atoms. The van der Waals surface area contributed by atoms with Gasteiger partial charge >= 0.3 is 0 Å². The molecule has 2 aliphatic carbocycles. The molecule has 1 aliphatic heterocycles. The van der Waals surface area contributed by atoms with Crippen LogP contribution in [0.4, 0.5) is 0 Å². The van der Waals surface area contributed by atoms with Crippen LogP contribution < -0.4 is 0 Å². The first kappa shape index (κ1) is 4.73. The van der Waals surface area contributed by atoms with Crippen molar-refractivity contribution in [1.29, 1.82) is 0 Å². The number of rotatable bonds is 0. The van der Waals surface area contributed by atoms with E-state index < -0.39 is 0 Å². The van der Waals surface area contributed by atoms with Gasteiger partial charge in [-0.3, -0.25) is 0 Å². The molecule has 0 aromatic carbocycles. The van der Waals surface area contributed by atoms with E-state index in [0.29, 0.717) is 6.10 Å². The van der Waals surface area contributed by atoms with E-state index in [1.165, 1.54) is 19.3 Å². The Morgan fingerprint density at radius 1 is 1.11 bits per heavy atom. The predicted octanol–water partition coefficient (Wildman–Crippen LogP) is 1.43. The van der Waals surface area contributed by atoms with Gasteiger partial charge in [0.2, 0.25) is 0 Å². The summed E-state index contributed by atoms with van der Waals surface area (Å²) >= 11 is 0. The van der Waals surface area contributed by atoms with Crippen LogP contribution in [-0.2, 0) is 4.74 Å². The maximum absolute atomic E-state index is 5.63. The minimum Gasteiger partial charge on any atom is -0.378 e. The van der Waals surface area contributed by atoms with E-state index >= 15 is 0 Å². The van der Waals surface area contributed by atoms with Crippen LogP contribution in [0.1, 0.15) is 19.3 Å². The molecule has 0 aromatic heterocycles. The fraction of sp³-hybridized carbons (Fsp3) is 1.00. The zero-order chi connectivity index (χ0) is 5.84. The van der Waals surface area contributed by atoms with Crippen LogP contribution in [0.3, 0.4) is 0 Å². The highest BCUT2D eigenvalue weighted by Gasteiger charge is 2.50. The van der Waals surface area contributed by atoms with Crippen molar-refractivity contribution in [2.75, 3.05) is 6.61 Å². The third-order valence-electron chi connectivity index (χ3n) is 3.41. The third kappa shape index (κ3) is 0.454. The molecule has 3 aliphatic rings. The summed E-state index contributed by atoms with van der Waals surface area (Å²) < 4.78 is 5.63. The van der Waals surface area contributed by atoms with Gasteiger partial charge in [-0.2, -0.15) is 0 Å². The van der Waals surface area contributed by atoms with Gasteiger partial charge in [0, 0.05) is 0 Å². The van der Waals surface area contributed by atoms with Crippen molar-refractivity contribution in [3.05, 3.63) is 0 Å². The molecule has 0 spiro atoms. The Kier molecular flexibility index (Phi) is 0.704. The van der Waals surface area contributed by atoms with Crippen LogP contribution in [-0.4, -0.2) is 12.7 Å². The molecule has 3 rings (SSSR count). The fourth-order valence-electron chi connectivity index (χ4n) is 3.06. The minimum absolute atomic E-state index is 0.703. The van der Waals surface area contributed by atoms with E-state index in [9.17, 15) is 0 Å². The molecule has 2 saturated carbocycles. The highest BCUT2D eigenvalue weighted by atomic mass is 16.5. The molecule has 50 valence electrons. The van der Waals surface area contributed by atoms with Crippen LogP contribution in [0, 0.1) is 17.8 Å². The number of ether oxygens (including phenoxy) is 1. The lowest BCUT2D eigenvalue weighted by Gasteiger charge is -2.14. The first-order valence-electron chi connectivity index (χ1n) is 4.05. The average molecular weight is 124 g/mol. The van der Waals surface area contributed by atoms with Crippen molar-refractivity contribution < 1.29 is 4.74 Å². The normalized spacial score (nSPS) is 61.3. The Balaban J connectivity index is 2.02. The van der Waals surface area contributed by atoms with Crippen molar-refractivity contribution in [3.8, 4) is 0 Å². The van der Waals surface area contributed by atoms with Crippen molar-refractivity contribution in [2.24, 2.45) is 17.8 Å². The smallest absolute Gasteiger partial charge is 0.0609 e. The highest BCUT2D eigenvalue weighted by Crippen LogP contribution is 2.53. The van der Waals surface area contributed by atoms with Gasteiger partial charge in [-0.25, -0.2) is 0 Å². The minimum atomic E-state index is 0.703. The van der Waals surface area contributed by atoms with Gasteiger partial charge in [0.15, 0.2) is 0 Å². The van der Waals surface area contributed by atoms with Crippen LogP contribution in [0.2, 0.25) is 0 Å². The Labute approximate surface area is 55.4 Å². The highest BCUT2D eigenvalue weighted by molar-refractivity contribution is 4.99. The Morgan fingerprint density at radius 3 is 2.78 bits per heavy atom. The molecule has 2 bridgehead atoms. The van der Waals surface area contributed by atoms with E-state index in [4.69, 9.17) is 4.74 Å². The molecular weight excluding hydrogens is 112 g/mol. The second-order valence-electron chi connectivity index (χ2n) is 3.87.